The number of ether oxygens (including phenoxy) is 1. The van der Waals surface area contributed by atoms with Gasteiger partial charge in [0.1, 0.15) is 17.3 Å². The van der Waals surface area contributed by atoms with E-state index in [1.807, 2.05) is 0 Å². The van der Waals surface area contributed by atoms with Crippen molar-refractivity contribution >= 4 is 28.8 Å². The highest BCUT2D eigenvalue weighted by Gasteiger charge is 2.09. The van der Waals surface area contributed by atoms with Crippen LogP contribution in [0.15, 0.2) is 36.7 Å². The van der Waals surface area contributed by atoms with Gasteiger partial charge in [-0.1, -0.05) is 12.2 Å². The predicted octanol–water partition coefficient (Wildman–Crippen LogP) is 1.16. The lowest BCUT2D eigenvalue weighted by molar-refractivity contribution is -0.116. The average molecular weight is 290 g/mol. The molecule has 0 aliphatic heterocycles. The SMILES string of the molecule is COc1ccc(NC(=O)Cn2ccnc2C(N)=S)cc1. The molecule has 0 aliphatic carbocycles. The van der Waals surface area contributed by atoms with Crippen LogP contribution in [0.3, 0.4) is 0 Å². The van der Waals surface area contributed by atoms with Crippen LogP contribution in [0.1, 0.15) is 5.82 Å². The van der Waals surface area contributed by atoms with Gasteiger partial charge in [0, 0.05) is 18.1 Å². The van der Waals surface area contributed by atoms with Crippen LogP contribution in [-0.4, -0.2) is 27.6 Å². The van der Waals surface area contributed by atoms with Gasteiger partial charge < -0.3 is 20.4 Å². The molecule has 0 unspecified atom stereocenters. The number of aromatic nitrogens is 2. The number of carbonyl (C=O) groups excluding carboxylic acids is 1. The molecular weight excluding hydrogens is 276 g/mol. The molecule has 1 aromatic carbocycles. The highest BCUT2D eigenvalue weighted by molar-refractivity contribution is 7.80. The third-order valence-electron chi connectivity index (χ3n) is 2.62. The van der Waals surface area contributed by atoms with Crippen molar-refractivity contribution in [1.29, 1.82) is 0 Å². The van der Waals surface area contributed by atoms with Crippen LogP contribution in [-0.2, 0) is 11.3 Å². The van der Waals surface area contributed by atoms with Crippen molar-refractivity contribution in [3.63, 3.8) is 0 Å². The number of nitrogens with zero attached hydrogens (tertiary/aromatic N) is 2. The van der Waals surface area contributed by atoms with E-state index >= 15 is 0 Å². The second-order valence-corrected chi connectivity index (χ2v) is 4.46. The first-order valence-electron chi connectivity index (χ1n) is 5.85. The standard InChI is InChI=1S/C13H14N4O2S/c1-19-10-4-2-9(3-5-10)16-11(18)8-17-7-6-15-13(17)12(14)20/h2-7H,8H2,1H3,(H2,14,20)(H,16,18). The summed E-state index contributed by atoms with van der Waals surface area (Å²) in [6.45, 7) is 0.0959. The summed E-state index contributed by atoms with van der Waals surface area (Å²) in [7, 11) is 1.59. The van der Waals surface area contributed by atoms with E-state index in [1.54, 1.807) is 48.3 Å². The summed E-state index contributed by atoms with van der Waals surface area (Å²) in [5, 5.41) is 2.77. The van der Waals surface area contributed by atoms with Crippen molar-refractivity contribution in [3.8, 4) is 5.75 Å². The maximum atomic E-state index is 11.9. The van der Waals surface area contributed by atoms with E-state index in [0.29, 0.717) is 11.5 Å². The van der Waals surface area contributed by atoms with Crippen molar-refractivity contribution < 1.29 is 9.53 Å². The minimum atomic E-state index is -0.189. The van der Waals surface area contributed by atoms with Crippen molar-refractivity contribution in [3.05, 3.63) is 42.5 Å². The van der Waals surface area contributed by atoms with E-state index in [9.17, 15) is 4.79 Å². The van der Waals surface area contributed by atoms with E-state index in [2.05, 4.69) is 10.3 Å². The molecule has 1 amide bonds. The minimum Gasteiger partial charge on any atom is -0.497 e. The smallest absolute Gasteiger partial charge is 0.244 e. The van der Waals surface area contributed by atoms with Gasteiger partial charge in [-0.3, -0.25) is 4.79 Å². The lowest BCUT2D eigenvalue weighted by Gasteiger charge is -2.08. The number of methoxy groups -OCH3 is 1. The Balaban J connectivity index is 2.01. The molecule has 0 radical (unpaired) electrons. The first-order chi connectivity index (χ1) is 9.60. The molecular formula is C13H14N4O2S. The summed E-state index contributed by atoms with van der Waals surface area (Å²) in [6, 6.07) is 7.07. The molecule has 0 spiro atoms. The Hall–Kier alpha value is -2.41. The summed E-state index contributed by atoms with van der Waals surface area (Å²) in [5.41, 5.74) is 6.21. The summed E-state index contributed by atoms with van der Waals surface area (Å²) >= 11 is 4.86. The van der Waals surface area contributed by atoms with Crippen molar-refractivity contribution in [2.75, 3.05) is 12.4 Å². The Bertz CT molecular complexity index is 622. The number of imidazole rings is 1. The average Bonchev–Trinajstić information content (AvgIpc) is 2.87. The van der Waals surface area contributed by atoms with Crippen LogP contribution in [0, 0.1) is 0 Å². The number of anilines is 1. The maximum Gasteiger partial charge on any atom is 0.244 e. The largest absolute Gasteiger partial charge is 0.497 e. The van der Waals surface area contributed by atoms with Gasteiger partial charge in [-0.15, -0.1) is 0 Å². The van der Waals surface area contributed by atoms with Crippen molar-refractivity contribution in [1.82, 2.24) is 9.55 Å². The molecule has 0 saturated carbocycles. The van der Waals surface area contributed by atoms with Crippen LogP contribution < -0.4 is 15.8 Å². The summed E-state index contributed by atoms with van der Waals surface area (Å²) in [5.74, 6) is 0.962. The second-order valence-electron chi connectivity index (χ2n) is 4.02. The highest BCUT2D eigenvalue weighted by Crippen LogP contribution is 2.15. The number of benzene rings is 1. The van der Waals surface area contributed by atoms with Crippen molar-refractivity contribution in [2.45, 2.75) is 6.54 Å². The van der Waals surface area contributed by atoms with E-state index < -0.39 is 0 Å². The van der Waals surface area contributed by atoms with Crippen LogP contribution in [0.5, 0.6) is 5.75 Å². The first-order valence-corrected chi connectivity index (χ1v) is 6.26. The Labute approximate surface area is 121 Å². The van der Waals surface area contributed by atoms with Crippen LogP contribution >= 0.6 is 12.2 Å². The number of hydrogen-bond donors (Lipinski definition) is 2. The molecule has 0 saturated heterocycles. The van der Waals surface area contributed by atoms with Gasteiger partial charge in [-0.05, 0) is 24.3 Å². The van der Waals surface area contributed by atoms with Gasteiger partial charge in [0.2, 0.25) is 5.91 Å². The van der Waals surface area contributed by atoms with E-state index in [-0.39, 0.29) is 17.4 Å². The van der Waals surface area contributed by atoms with E-state index in [1.165, 1.54) is 0 Å². The van der Waals surface area contributed by atoms with Crippen LogP contribution in [0.4, 0.5) is 5.69 Å². The fraction of sp³-hybridized carbons (Fsp3) is 0.154. The van der Waals surface area contributed by atoms with Crippen molar-refractivity contribution in [2.24, 2.45) is 5.73 Å². The first kappa shape index (κ1) is 14.0. The Morgan fingerprint density at radius 3 is 2.75 bits per heavy atom. The molecule has 2 aromatic rings. The highest BCUT2D eigenvalue weighted by atomic mass is 32.1. The molecule has 0 atom stereocenters. The zero-order valence-electron chi connectivity index (χ0n) is 10.9. The number of nitrogens with one attached hydrogen (secondary N) is 1. The third-order valence-corrected chi connectivity index (χ3v) is 2.81. The minimum absolute atomic E-state index is 0.0959. The fourth-order valence-electron chi connectivity index (χ4n) is 1.69. The summed E-state index contributed by atoms with van der Waals surface area (Å²) < 4.78 is 6.65. The molecule has 0 fully saturated rings. The number of rotatable bonds is 5. The number of thiocarbonyl (C=S) groups is 1. The molecule has 0 bridgehead atoms. The van der Waals surface area contributed by atoms with Gasteiger partial charge in [0.15, 0.2) is 5.82 Å². The van der Waals surface area contributed by atoms with Crippen LogP contribution in [0.2, 0.25) is 0 Å². The number of carbonyl (C=O) groups is 1. The normalized spacial score (nSPS) is 10.1. The predicted molar refractivity (Wildman–Crippen MR) is 79.7 cm³/mol. The molecule has 1 aromatic heterocycles. The molecule has 3 N–H and O–H groups in total. The van der Waals surface area contributed by atoms with E-state index in [0.717, 1.165) is 5.75 Å². The molecule has 20 heavy (non-hydrogen) atoms. The monoisotopic (exact) mass is 290 g/mol. The second kappa shape index (κ2) is 6.16. The Morgan fingerprint density at radius 1 is 1.45 bits per heavy atom. The topological polar surface area (TPSA) is 82.2 Å². The maximum absolute atomic E-state index is 11.9. The third kappa shape index (κ3) is 3.33. The zero-order valence-corrected chi connectivity index (χ0v) is 11.7. The molecule has 104 valence electrons. The molecule has 6 nitrogen and oxygen atoms in total. The van der Waals surface area contributed by atoms with Gasteiger partial charge in [0.05, 0.1) is 7.11 Å². The fourth-order valence-corrected chi connectivity index (χ4v) is 1.86. The van der Waals surface area contributed by atoms with Gasteiger partial charge >= 0.3 is 0 Å². The van der Waals surface area contributed by atoms with Gasteiger partial charge in [-0.2, -0.15) is 0 Å². The zero-order chi connectivity index (χ0) is 14.5. The Kier molecular flexibility index (Phi) is 4.31. The quantitative estimate of drug-likeness (QED) is 0.808. The molecule has 0 aliphatic rings. The lowest BCUT2D eigenvalue weighted by Crippen LogP contribution is -2.23. The molecule has 1 heterocycles. The van der Waals surface area contributed by atoms with Gasteiger partial charge in [0.25, 0.3) is 0 Å². The molecule has 7 heteroatoms. The van der Waals surface area contributed by atoms with E-state index in [4.69, 9.17) is 22.7 Å². The van der Waals surface area contributed by atoms with Crippen LogP contribution in [0.25, 0.3) is 0 Å². The molecule has 2 rings (SSSR count). The van der Waals surface area contributed by atoms with Gasteiger partial charge in [-0.25, -0.2) is 4.98 Å². The summed E-state index contributed by atoms with van der Waals surface area (Å²) in [4.78, 5) is 16.1. The Morgan fingerprint density at radius 2 is 2.15 bits per heavy atom. The number of amides is 1. The lowest BCUT2D eigenvalue weighted by atomic mass is 10.3. The number of hydrogen-bond acceptors (Lipinski definition) is 4. The number of nitrogens with two attached hydrogens (primary N) is 1. The summed E-state index contributed by atoms with van der Waals surface area (Å²) in [6.07, 6.45) is 3.21.